The molecule has 1 saturated heterocycles. The Morgan fingerprint density at radius 2 is 1.84 bits per heavy atom. The Morgan fingerprint density at radius 1 is 1.06 bits per heavy atom. The van der Waals surface area contributed by atoms with E-state index in [2.05, 4.69) is 4.98 Å². The second-order valence-corrected chi connectivity index (χ2v) is 7.98. The zero-order valence-electron chi connectivity index (χ0n) is 17.8. The molecule has 0 radical (unpaired) electrons. The van der Waals surface area contributed by atoms with E-state index in [0.717, 1.165) is 5.56 Å². The number of nitrogens with zero attached hydrogens (tertiary/aromatic N) is 2. The van der Waals surface area contributed by atoms with Crippen molar-refractivity contribution in [3.05, 3.63) is 93.8 Å². The zero-order chi connectivity index (χ0) is 23.0. The van der Waals surface area contributed by atoms with Crippen molar-refractivity contribution in [2.24, 2.45) is 0 Å². The summed E-state index contributed by atoms with van der Waals surface area (Å²) in [6.45, 7) is 3.65. The fourth-order valence-electron chi connectivity index (χ4n) is 3.95. The van der Waals surface area contributed by atoms with Crippen LogP contribution in [0.15, 0.2) is 66.4 Å². The van der Waals surface area contributed by atoms with Crippen molar-refractivity contribution >= 4 is 34.7 Å². The predicted molar refractivity (Wildman–Crippen MR) is 123 cm³/mol. The molecule has 7 heteroatoms. The molecule has 0 spiro atoms. The Bertz CT molecular complexity index is 1250. The van der Waals surface area contributed by atoms with Gasteiger partial charge in [-0.05, 0) is 67.4 Å². The monoisotopic (exact) mass is 448 g/mol. The molecule has 3 aromatic rings. The first kappa shape index (κ1) is 21.6. The Morgan fingerprint density at radius 3 is 2.50 bits per heavy atom. The Hall–Kier alpha value is -3.64. The molecule has 32 heavy (non-hydrogen) atoms. The van der Waals surface area contributed by atoms with Crippen LogP contribution < -0.4 is 9.64 Å². The fourth-order valence-corrected chi connectivity index (χ4v) is 4.14. The van der Waals surface area contributed by atoms with E-state index in [1.54, 1.807) is 74.8 Å². The number of anilines is 1. The van der Waals surface area contributed by atoms with E-state index in [-0.39, 0.29) is 11.3 Å². The number of aryl methyl sites for hydroxylation is 2. The minimum absolute atomic E-state index is 0.0265. The Kier molecular flexibility index (Phi) is 5.72. The van der Waals surface area contributed by atoms with Crippen molar-refractivity contribution in [1.29, 1.82) is 0 Å². The van der Waals surface area contributed by atoms with E-state index in [9.17, 15) is 14.7 Å². The number of carbonyl (C=O) groups excluding carboxylic acids is 2. The molecule has 0 saturated carbocycles. The van der Waals surface area contributed by atoms with Crippen molar-refractivity contribution < 1.29 is 19.4 Å². The summed E-state index contributed by atoms with van der Waals surface area (Å²) in [7, 11) is 1.57. The van der Waals surface area contributed by atoms with Gasteiger partial charge in [0, 0.05) is 22.5 Å². The third-order valence-corrected chi connectivity index (χ3v) is 5.73. The maximum absolute atomic E-state index is 13.2. The number of benzene rings is 2. The number of aromatic nitrogens is 1. The van der Waals surface area contributed by atoms with Crippen molar-refractivity contribution in [3.8, 4) is 5.75 Å². The van der Waals surface area contributed by atoms with Gasteiger partial charge in [-0.1, -0.05) is 23.7 Å². The molecule has 6 nitrogen and oxygen atoms in total. The van der Waals surface area contributed by atoms with Crippen LogP contribution in [-0.4, -0.2) is 28.9 Å². The first-order valence-electron chi connectivity index (χ1n) is 9.96. The number of Topliss-reactive ketones (excluding diaryl/α,β-unsaturated/α-hetero) is 1. The standard InChI is InChI=1S/C25H21ClN2O4/c1-14-12-20(32-3)15(2)11-18(14)23(29)21-22(19-9-4-5-10-27-19)28(25(31)24(21)30)17-8-6-7-16(26)13-17/h4-13,22,29H,1-3H3/b23-21+. The van der Waals surface area contributed by atoms with Gasteiger partial charge in [-0.25, -0.2) is 0 Å². The highest BCUT2D eigenvalue weighted by atomic mass is 35.5. The summed E-state index contributed by atoms with van der Waals surface area (Å²) < 4.78 is 5.35. The lowest BCUT2D eigenvalue weighted by atomic mass is 9.95. The van der Waals surface area contributed by atoms with Crippen LogP contribution in [0.2, 0.25) is 5.02 Å². The highest BCUT2D eigenvalue weighted by Gasteiger charge is 2.47. The first-order valence-corrected chi connectivity index (χ1v) is 10.3. The maximum atomic E-state index is 13.2. The van der Waals surface area contributed by atoms with Gasteiger partial charge in [-0.3, -0.25) is 19.5 Å². The van der Waals surface area contributed by atoms with E-state index in [1.165, 1.54) is 4.90 Å². The van der Waals surface area contributed by atoms with Crippen LogP contribution in [0.5, 0.6) is 5.75 Å². The molecule has 1 aliphatic heterocycles. The summed E-state index contributed by atoms with van der Waals surface area (Å²) >= 11 is 6.15. The molecule has 1 amide bonds. The summed E-state index contributed by atoms with van der Waals surface area (Å²) in [4.78, 5) is 32.0. The van der Waals surface area contributed by atoms with Crippen LogP contribution in [0.1, 0.15) is 28.4 Å². The molecule has 1 N–H and O–H groups in total. The molecule has 2 aromatic carbocycles. The van der Waals surface area contributed by atoms with Gasteiger partial charge >= 0.3 is 0 Å². The average molecular weight is 449 g/mol. The number of hydrogen-bond acceptors (Lipinski definition) is 5. The van der Waals surface area contributed by atoms with Crippen LogP contribution in [0.3, 0.4) is 0 Å². The largest absolute Gasteiger partial charge is 0.507 e. The number of rotatable bonds is 4. The number of halogens is 1. The van der Waals surface area contributed by atoms with Gasteiger partial charge in [0.05, 0.1) is 18.4 Å². The fraction of sp³-hybridized carbons (Fsp3) is 0.160. The van der Waals surface area contributed by atoms with Gasteiger partial charge in [0.15, 0.2) is 0 Å². The second kappa shape index (κ2) is 8.48. The normalized spacial score (nSPS) is 17.6. The molecule has 1 aromatic heterocycles. The van der Waals surface area contributed by atoms with Crippen molar-refractivity contribution in [2.75, 3.05) is 12.0 Å². The lowest BCUT2D eigenvalue weighted by Gasteiger charge is -2.25. The minimum atomic E-state index is -0.906. The first-order chi connectivity index (χ1) is 15.3. The highest BCUT2D eigenvalue weighted by molar-refractivity contribution is 6.51. The highest BCUT2D eigenvalue weighted by Crippen LogP contribution is 2.42. The molecular weight excluding hydrogens is 428 g/mol. The van der Waals surface area contributed by atoms with E-state index in [0.29, 0.717) is 33.3 Å². The van der Waals surface area contributed by atoms with Crippen LogP contribution in [0.25, 0.3) is 5.76 Å². The molecule has 2 heterocycles. The smallest absolute Gasteiger partial charge is 0.300 e. The number of ether oxygens (including phenoxy) is 1. The Balaban J connectivity index is 1.97. The number of hydrogen-bond donors (Lipinski definition) is 1. The lowest BCUT2D eigenvalue weighted by molar-refractivity contribution is -0.132. The molecular formula is C25H21ClN2O4. The van der Waals surface area contributed by atoms with E-state index < -0.39 is 17.7 Å². The summed E-state index contributed by atoms with van der Waals surface area (Å²) in [5.41, 5.74) is 2.82. The number of pyridine rings is 1. The number of aliphatic hydroxyl groups is 1. The molecule has 162 valence electrons. The van der Waals surface area contributed by atoms with Crippen molar-refractivity contribution in [3.63, 3.8) is 0 Å². The van der Waals surface area contributed by atoms with E-state index in [4.69, 9.17) is 16.3 Å². The van der Waals surface area contributed by atoms with Crippen LogP contribution in [0, 0.1) is 13.8 Å². The third-order valence-electron chi connectivity index (χ3n) is 5.50. The van der Waals surface area contributed by atoms with Gasteiger partial charge in [0.2, 0.25) is 0 Å². The molecule has 0 bridgehead atoms. The molecule has 1 unspecified atom stereocenters. The van der Waals surface area contributed by atoms with E-state index >= 15 is 0 Å². The van der Waals surface area contributed by atoms with Crippen LogP contribution >= 0.6 is 11.6 Å². The van der Waals surface area contributed by atoms with Gasteiger partial charge in [0.1, 0.15) is 17.6 Å². The summed E-state index contributed by atoms with van der Waals surface area (Å²) in [6, 6.07) is 14.5. The van der Waals surface area contributed by atoms with Gasteiger partial charge in [-0.15, -0.1) is 0 Å². The molecule has 4 rings (SSSR count). The van der Waals surface area contributed by atoms with Gasteiger partial charge in [-0.2, -0.15) is 0 Å². The molecule has 1 atom stereocenters. The number of carbonyl (C=O) groups is 2. The molecule has 1 fully saturated rings. The van der Waals surface area contributed by atoms with Gasteiger partial charge in [0.25, 0.3) is 11.7 Å². The second-order valence-electron chi connectivity index (χ2n) is 7.54. The SMILES string of the molecule is COc1cc(C)c(/C(O)=C2\C(=O)C(=O)N(c3cccc(Cl)c3)C2c2ccccn2)cc1C. The molecule has 0 aliphatic carbocycles. The summed E-state index contributed by atoms with van der Waals surface area (Å²) in [6.07, 6.45) is 1.58. The quantitative estimate of drug-likeness (QED) is 0.345. The predicted octanol–water partition coefficient (Wildman–Crippen LogP) is 4.99. The van der Waals surface area contributed by atoms with Crippen molar-refractivity contribution in [1.82, 2.24) is 4.98 Å². The van der Waals surface area contributed by atoms with Crippen LogP contribution in [-0.2, 0) is 9.59 Å². The maximum Gasteiger partial charge on any atom is 0.300 e. The molecule has 1 aliphatic rings. The number of amides is 1. The van der Waals surface area contributed by atoms with Gasteiger partial charge < -0.3 is 9.84 Å². The average Bonchev–Trinajstić information content (AvgIpc) is 3.05. The zero-order valence-corrected chi connectivity index (χ0v) is 18.6. The lowest BCUT2D eigenvalue weighted by Crippen LogP contribution is -2.29. The topological polar surface area (TPSA) is 79.7 Å². The summed E-state index contributed by atoms with van der Waals surface area (Å²) in [5, 5.41) is 11.7. The number of methoxy groups -OCH3 is 1. The number of aliphatic hydroxyl groups excluding tert-OH is 1. The van der Waals surface area contributed by atoms with E-state index in [1.807, 2.05) is 6.92 Å². The van der Waals surface area contributed by atoms with Crippen molar-refractivity contribution in [2.45, 2.75) is 19.9 Å². The summed E-state index contributed by atoms with van der Waals surface area (Å²) in [5.74, 6) is -1.13. The van der Waals surface area contributed by atoms with Crippen LogP contribution in [0.4, 0.5) is 5.69 Å². The minimum Gasteiger partial charge on any atom is -0.507 e. The number of ketones is 1. The Labute approximate surface area is 190 Å². The third kappa shape index (κ3) is 3.63.